The molecule has 0 fully saturated rings. The van der Waals surface area contributed by atoms with Gasteiger partial charge in [0.05, 0.1) is 5.69 Å². The molecule has 18 heavy (non-hydrogen) atoms. The minimum atomic E-state index is -0.921. The summed E-state index contributed by atoms with van der Waals surface area (Å²) in [6.07, 6.45) is 0.622. The quantitative estimate of drug-likeness (QED) is 0.844. The third-order valence-electron chi connectivity index (χ3n) is 3.57. The van der Waals surface area contributed by atoms with Crippen molar-refractivity contribution in [1.29, 1.82) is 0 Å². The van der Waals surface area contributed by atoms with E-state index in [-0.39, 0.29) is 0 Å². The van der Waals surface area contributed by atoms with Gasteiger partial charge in [0.15, 0.2) is 0 Å². The topological polar surface area (TPSA) is 44.6 Å². The molecule has 2 aromatic rings. The molecule has 2 N–H and O–H groups in total. The molecule has 1 aliphatic rings. The predicted octanol–water partition coefficient (Wildman–Crippen LogP) is 3.46. The molecule has 92 valence electrons. The van der Waals surface area contributed by atoms with Crippen molar-refractivity contribution >= 4 is 28.0 Å². The third-order valence-corrected chi connectivity index (χ3v) is 3.57. The number of aliphatic hydroxyl groups is 1. The lowest BCUT2D eigenvalue weighted by Crippen LogP contribution is -2.40. The van der Waals surface area contributed by atoms with Gasteiger partial charge in [-0.3, -0.25) is 0 Å². The Morgan fingerprint density at radius 1 is 1.22 bits per heavy atom. The summed E-state index contributed by atoms with van der Waals surface area (Å²) in [5.74, 6) is 0.621. The molecule has 1 heterocycles. The molecular weight excluding hydrogens is 224 g/mol. The Bertz CT molecular complexity index is 639. The van der Waals surface area contributed by atoms with E-state index in [2.05, 4.69) is 22.4 Å². The summed E-state index contributed by atoms with van der Waals surface area (Å²) in [4.78, 5) is 4.56. The summed E-state index contributed by atoms with van der Waals surface area (Å²) in [6.45, 7) is 3.73. The average Bonchev–Trinajstić information content (AvgIpc) is 2.39. The van der Waals surface area contributed by atoms with Crippen LogP contribution in [0.25, 0.3) is 10.8 Å². The van der Waals surface area contributed by atoms with Gasteiger partial charge in [-0.1, -0.05) is 31.2 Å². The molecule has 0 bridgehead atoms. The van der Waals surface area contributed by atoms with Gasteiger partial charge < -0.3 is 10.4 Å². The molecule has 3 heteroatoms. The van der Waals surface area contributed by atoms with Crippen molar-refractivity contribution in [3.8, 4) is 0 Å². The van der Waals surface area contributed by atoms with E-state index in [1.807, 2.05) is 31.2 Å². The van der Waals surface area contributed by atoms with Crippen molar-refractivity contribution in [3.05, 3.63) is 36.4 Å². The highest BCUT2D eigenvalue weighted by molar-refractivity contribution is 6.15. The molecule has 0 aliphatic carbocycles. The number of rotatable bonds is 2. The zero-order valence-electron chi connectivity index (χ0n) is 10.6. The lowest BCUT2D eigenvalue weighted by Gasteiger charge is -2.28. The van der Waals surface area contributed by atoms with E-state index in [4.69, 9.17) is 0 Å². The number of hydrogen-bond acceptors (Lipinski definition) is 3. The van der Waals surface area contributed by atoms with Crippen molar-refractivity contribution in [3.63, 3.8) is 0 Å². The number of benzene rings is 2. The van der Waals surface area contributed by atoms with Crippen molar-refractivity contribution < 1.29 is 5.11 Å². The first-order valence-corrected chi connectivity index (χ1v) is 6.22. The van der Waals surface area contributed by atoms with Gasteiger partial charge in [-0.15, -0.1) is 0 Å². The fourth-order valence-electron chi connectivity index (χ4n) is 2.22. The van der Waals surface area contributed by atoms with Crippen LogP contribution in [0.4, 0.5) is 11.4 Å². The predicted molar refractivity (Wildman–Crippen MR) is 75.6 cm³/mol. The van der Waals surface area contributed by atoms with Crippen LogP contribution in [-0.2, 0) is 0 Å². The highest BCUT2D eigenvalue weighted by Crippen LogP contribution is 2.37. The Labute approximate surface area is 106 Å². The normalized spacial score (nSPS) is 16.9. The Morgan fingerprint density at radius 3 is 2.67 bits per heavy atom. The third kappa shape index (κ3) is 1.59. The van der Waals surface area contributed by atoms with Crippen molar-refractivity contribution in [1.82, 2.24) is 0 Å². The van der Waals surface area contributed by atoms with Crippen LogP contribution in [0.15, 0.2) is 41.4 Å². The van der Waals surface area contributed by atoms with E-state index in [9.17, 15) is 5.11 Å². The van der Waals surface area contributed by atoms with E-state index < -0.39 is 5.60 Å². The minimum Gasteiger partial charge on any atom is -0.382 e. The van der Waals surface area contributed by atoms with Crippen molar-refractivity contribution in [2.24, 2.45) is 4.99 Å². The molecule has 3 rings (SSSR count). The summed E-state index contributed by atoms with van der Waals surface area (Å²) >= 11 is 0. The molecule has 0 saturated heterocycles. The SMILES string of the molecule is CCC(C)(O)C1=Nc2cccc3cccc(c23)N1. The van der Waals surface area contributed by atoms with E-state index >= 15 is 0 Å². The minimum absolute atomic E-state index is 0.621. The fourth-order valence-corrected chi connectivity index (χ4v) is 2.22. The van der Waals surface area contributed by atoms with Gasteiger partial charge in [0, 0.05) is 11.1 Å². The van der Waals surface area contributed by atoms with Crippen LogP contribution in [0.2, 0.25) is 0 Å². The number of anilines is 1. The van der Waals surface area contributed by atoms with Gasteiger partial charge in [-0.05, 0) is 30.9 Å². The van der Waals surface area contributed by atoms with Gasteiger partial charge in [0.1, 0.15) is 11.4 Å². The standard InChI is InChI=1S/C15H16N2O/c1-3-15(2,18)14-16-11-8-4-6-10-7-5-9-12(17-14)13(10)11/h4-9,18H,3H2,1-2H3,(H,16,17). The molecule has 1 aliphatic heterocycles. The maximum absolute atomic E-state index is 10.3. The zero-order valence-corrected chi connectivity index (χ0v) is 10.6. The van der Waals surface area contributed by atoms with Gasteiger partial charge in [-0.2, -0.15) is 0 Å². The molecule has 0 spiro atoms. The van der Waals surface area contributed by atoms with E-state index in [0.29, 0.717) is 12.3 Å². The van der Waals surface area contributed by atoms with Crippen LogP contribution in [-0.4, -0.2) is 16.5 Å². The first-order valence-electron chi connectivity index (χ1n) is 6.22. The van der Waals surface area contributed by atoms with Gasteiger partial charge >= 0.3 is 0 Å². The highest BCUT2D eigenvalue weighted by Gasteiger charge is 2.28. The van der Waals surface area contributed by atoms with E-state index in [1.165, 1.54) is 0 Å². The molecule has 0 radical (unpaired) electrons. The molecule has 1 atom stereocenters. The lowest BCUT2D eigenvalue weighted by molar-refractivity contribution is 0.128. The highest BCUT2D eigenvalue weighted by atomic mass is 16.3. The summed E-state index contributed by atoms with van der Waals surface area (Å²) in [5, 5.41) is 15.9. The maximum Gasteiger partial charge on any atom is 0.138 e. The van der Waals surface area contributed by atoms with Crippen LogP contribution in [0.1, 0.15) is 20.3 Å². The maximum atomic E-state index is 10.3. The largest absolute Gasteiger partial charge is 0.382 e. The zero-order chi connectivity index (χ0) is 12.8. The van der Waals surface area contributed by atoms with Crippen molar-refractivity contribution in [2.75, 3.05) is 5.32 Å². The van der Waals surface area contributed by atoms with Gasteiger partial charge in [0.2, 0.25) is 0 Å². The lowest BCUT2D eigenvalue weighted by atomic mass is 9.98. The molecule has 3 nitrogen and oxygen atoms in total. The molecule has 0 saturated carbocycles. The van der Waals surface area contributed by atoms with Crippen LogP contribution < -0.4 is 5.32 Å². The van der Waals surface area contributed by atoms with Gasteiger partial charge in [-0.25, -0.2) is 4.99 Å². The Balaban J connectivity index is 2.24. The molecule has 0 aromatic heterocycles. The number of hydrogen-bond donors (Lipinski definition) is 2. The fraction of sp³-hybridized carbons (Fsp3) is 0.267. The second-order valence-corrected chi connectivity index (χ2v) is 4.89. The van der Waals surface area contributed by atoms with Gasteiger partial charge in [0.25, 0.3) is 0 Å². The Morgan fingerprint density at radius 2 is 1.94 bits per heavy atom. The monoisotopic (exact) mass is 240 g/mol. The summed E-state index contributed by atoms with van der Waals surface area (Å²) < 4.78 is 0. The summed E-state index contributed by atoms with van der Waals surface area (Å²) in [6, 6.07) is 12.2. The van der Waals surface area contributed by atoms with E-state index in [1.54, 1.807) is 6.92 Å². The van der Waals surface area contributed by atoms with E-state index in [0.717, 1.165) is 22.1 Å². The van der Waals surface area contributed by atoms with Crippen LogP contribution in [0, 0.1) is 0 Å². The van der Waals surface area contributed by atoms with Crippen LogP contribution in [0.5, 0.6) is 0 Å². The molecule has 0 amide bonds. The van der Waals surface area contributed by atoms with Crippen LogP contribution >= 0.6 is 0 Å². The molecular formula is C15H16N2O. The van der Waals surface area contributed by atoms with Crippen LogP contribution in [0.3, 0.4) is 0 Å². The van der Waals surface area contributed by atoms with Crippen molar-refractivity contribution in [2.45, 2.75) is 25.9 Å². The second kappa shape index (κ2) is 3.82. The Hall–Kier alpha value is -1.87. The number of nitrogens with one attached hydrogen (secondary N) is 1. The summed E-state index contributed by atoms with van der Waals surface area (Å²) in [7, 11) is 0. The second-order valence-electron chi connectivity index (χ2n) is 4.89. The first kappa shape index (κ1) is 11.2. The number of nitrogens with zero attached hydrogens (tertiary/aromatic N) is 1. The molecule has 1 unspecified atom stereocenters. The smallest absolute Gasteiger partial charge is 0.138 e. The first-order chi connectivity index (χ1) is 8.62. The summed E-state index contributed by atoms with van der Waals surface area (Å²) in [5.41, 5.74) is 1.02. The average molecular weight is 240 g/mol. The molecule has 2 aromatic carbocycles. The number of aliphatic imine (C=N–C) groups is 1. The Kier molecular flexibility index (Phi) is 2.38. The number of amidine groups is 1.